The third kappa shape index (κ3) is 1.74. The number of halogens is 1. The molecule has 0 saturated carbocycles. The summed E-state index contributed by atoms with van der Waals surface area (Å²) in [6.45, 7) is 2.06. The van der Waals surface area contributed by atoms with Crippen molar-refractivity contribution in [2.75, 3.05) is 11.4 Å². The molecule has 2 unspecified atom stereocenters. The second-order valence-electron chi connectivity index (χ2n) is 4.18. The molecule has 0 bridgehead atoms. The van der Waals surface area contributed by atoms with Gasteiger partial charge >= 0.3 is 5.97 Å². The highest BCUT2D eigenvalue weighted by atomic mass is 35.5. The summed E-state index contributed by atoms with van der Waals surface area (Å²) in [6, 6.07) is 6.51. The van der Waals surface area contributed by atoms with Crippen LogP contribution in [0.1, 0.15) is 17.3 Å². The topological polar surface area (TPSA) is 60.8 Å². The van der Waals surface area contributed by atoms with E-state index in [9.17, 15) is 9.90 Å². The van der Waals surface area contributed by atoms with Crippen molar-refractivity contribution in [1.82, 2.24) is 0 Å². The summed E-state index contributed by atoms with van der Waals surface area (Å²) in [7, 11) is 0. The average Bonchev–Trinajstić information content (AvgIpc) is 2.26. The zero-order chi connectivity index (χ0) is 11.9. The molecule has 1 aromatic carbocycles. The molecule has 16 heavy (non-hydrogen) atoms. The van der Waals surface area contributed by atoms with E-state index < -0.39 is 17.1 Å². The van der Waals surface area contributed by atoms with Gasteiger partial charge in [-0.1, -0.05) is 17.7 Å². The molecule has 0 amide bonds. The highest BCUT2D eigenvalue weighted by molar-refractivity contribution is 6.23. The van der Waals surface area contributed by atoms with Crippen molar-refractivity contribution in [2.45, 2.75) is 18.0 Å². The average molecular weight is 242 g/mol. The summed E-state index contributed by atoms with van der Waals surface area (Å²) < 4.78 is 0. The van der Waals surface area contributed by atoms with Crippen molar-refractivity contribution in [2.24, 2.45) is 0 Å². The first-order valence-electron chi connectivity index (χ1n) is 4.88. The number of anilines is 1. The predicted octanol–water partition coefficient (Wildman–Crippen LogP) is 1.52. The van der Waals surface area contributed by atoms with Gasteiger partial charge in [0, 0.05) is 5.69 Å². The lowest BCUT2D eigenvalue weighted by atomic mass is 9.95. The number of hydrogen-bond acceptors (Lipinski definition) is 3. The molecule has 2 N–H and O–H groups in total. The van der Waals surface area contributed by atoms with Gasteiger partial charge in [0.15, 0.2) is 0 Å². The number of carboxylic acids is 1. The number of alkyl halides is 1. The number of carbonyl (C=O) groups is 1. The van der Waals surface area contributed by atoms with Gasteiger partial charge in [0.25, 0.3) is 0 Å². The van der Waals surface area contributed by atoms with Crippen LogP contribution in [0.3, 0.4) is 0 Å². The smallest absolute Gasteiger partial charge is 0.335 e. The van der Waals surface area contributed by atoms with E-state index in [0.717, 1.165) is 0 Å². The maximum absolute atomic E-state index is 10.8. The maximum atomic E-state index is 10.8. The van der Waals surface area contributed by atoms with E-state index in [4.69, 9.17) is 16.7 Å². The summed E-state index contributed by atoms with van der Waals surface area (Å²) in [5.41, 5.74) is -0.503. The molecule has 1 saturated heterocycles. The lowest BCUT2D eigenvalue weighted by molar-refractivity contribution is 0.0148. The largest absolute Gasteiger partial charge is 0.478 e. The summed E-state index contributed by atoms with van der Waals surface area (Å²) in [5.74, 6) is -0.972. The minimum Gasteiger partial charge on any atom is -0.478 e. The quantitative estimate of drug-likeness (QED) is 0.609. The van der Waals surface area contributed by atoms with Gasteiger partial charge in [0.2, 0.25) is 0 Å². The molecule has 1 fully saturated rings. The molecular weight excluding hydrogens is 230 g/mol. The second-order valence-corrected chi connectivity index (χ2v) is 4.59. The molecule has 1 aliphatic rings. The number of aliphatic hydroxyl groups is 1. The van der Waals surface area contributed by atoms with E-state index in [1.807, 2.05) is 0 Å². The standard InChI is InChI=1S/C11H12ClNO3/c1-11(16)6-13(10(11)12)8-4-2-3-7(5-8)9(14)15/h2-5,10,16H,6H2,1H3,(H,14,15). The van der Waals surface area contributed by atoms with E-state index in [1.54, 1.807) is 30.0 Å². The van der Waals surface area contributed by atoms with Gasteiger partial charge in [-0.25, -0.2) is 4.79 Å². The first kappa shape index (κ1) is 11.2. The minimum atomic E-state index is -0.972. The summed E-state index contributed by atoms with van der Waals surface area (Å²) in [5, 5.41) is 18.6. The molecule has 1 heterocycles. The van der Waals surface area contributed by atoms with Gasteiger partial charge in [-0.05, 0) is 25.1 Å². The zero-order valence-corrected chi connectivity index (χ0v) is 9.48. The minimum absolute atomic E-state index is 0.216. The van der Waals surface area contributed by atoms with Crippen molar-refractivity contribution in [3.63, 3.8) is 0 Å². The number of nitrogens with zero attached hydrogens (tertiary/aromatic N) is 1. The van der Waals surface area contributed by atoms with Crippen LogP contribution >= 0.6 is 11.6 Å². The Hall–Kier alpha value is -1.26. The van der Waals surface area contributed by atoms with Gasteiger partial charge in [-0.2, -0.15) is 0 Å². The SMILES string of the molecule is CC1(O)CN(c2cccc(C(=O)O)c2)C1Cl. The van der Waals surface area contributed by atoms with Crippen LogP contribution in [0.5, 0.6) is 0 Å². The van der Waals surface area contributed by atoms with Crippen LogP contribution in [0, 0.1) is 0 Å². The molecule has 4 nitrogen and oxygen atoms in total. The Balaban J connectivity index is 2.23. The van der Waals surface area contributed by atoms with E-state index in [1.165, 1.54) is 6.07 Å². The molecule has 0 aromatic heterocycles. The van der Waals surface area contributed by atoms with Gasteiger partial charge in [0.05, 0.1) is 12.1 Å². The number of β-amino-alcohol motifs (C(OH)–C–C–N with tert-alkyl or cyclic N) is 1. The van der Waals surface area contributed by atoms with Crippen molar-refractivity contribution >= 4 is 23.3 Å². The molecule has 5 heteroatoms. The number of carboxylic acid groups (broad SMARTS) is 1. The molecule has 2 rings (SSSR count). The van der Waals surface area contributed by atoms with Crippen LogP contribution in [-0.4, -0.2) is 33.8 Å². The second kappa shape index (κ2) is 3.64. The fraction of sp³-hybridized carbons (Fsp3) is 0.364. The Bertz CT molecular complexity index is 433. The van der Waals surface area contributed by atoms with Crippen LogP contribution < -0.4 is 4.90 Å². The van der Waals surface area contributed by atoms with Gasteiger partial charge in [-0.15, -0.1) is 0 Å². The Kier molecular flexibility index (Phi) is 2.56. The number of aromatic carboxylic acids is 1. The lowest BCUT2D eigenvalue weighted by Crippen LogP contribution is -2.66. The monoisotopic (exact) mass is 241 g/mol. The maximum Gasteiger partial charge on any atom is 0.335 e. The van der Waals surface area contributed by atoms with Crippen LogP contribution in [-0.2, 0) is 0 Å². The molecular formula is C11H12ClNO3. The normalized spacial score (nSPS) is 28.7. The number of benzene rings is 1. The molecule has 2 atom stereocenters. The van der Waals surface area contributed by atoms with E-state index in [0.29, 0.717) is 12.2 Å². The van der Waals surface area contributed by atoms with Crippen molar-refractivity contribution in [1.29, 1.82) is 0 Å². The molecule has 0 aliphatic carbocycles. The Morgan fingerprint density at radius 3 is 2.81 bits per heavy atom. The molecule has 86 valence electrons. The van der Waals surface area contributed by atoms with Gasteiger partial charge in [0.1, 0.15) is 11.1 Å². The van der Waals surface area contributed by atoms with E-state index in [-0.39, 0.29) is 5.56 Å². The van der Waals surface area contributed by atoms with Crippen LogP contribution in [0.25, 0.3) is 0 Å². The van der Waals surface area contributed by atoms with Crippen molar-refractivity contribution in [3.8, 4) is 0 Å². The van der Waals surface area contributed by atoms with Crippen LogP contribution in [0.4, 0.5) is 5.69 Å². The fourth-order valence-corrected chi connectivity index (χ4v) is 2.01. The van der Waals surface area contributed by atoms with Crippen LogP contribution in [0.15, 0.2) is 24.3 Å². The van der Waals surface area contributed by atoms with E-state index >= 15 is 0 Å². The zero-order valence-electron chi connectivity index (χ0n) is 8.72. The molecule has 0 spiro atoms. The fourth-order valence-electron chi connectivity index (χ4n) is 1.76. The summed E-state index contributed by atoms with van der Waals surface area (Å²) in [4.78, 5) is 12.5. The third-order valence-electron chi connectivity index (χ3n) is 2.70. The Morgan fingerprint density at radius 2 is 2.31 bits per heavy atom. The highest BCUT2D eigenvalue weighted by Gasteiger charge is 2.47. The van der Waals surface area contributed by atoms with Gasteiger partial charge < -0.3 is 15.1 Å². The Labute approximate surface area is 98.1 Å². The third-order valence-corrected chi connectivity index (χ3v) is 3.41. The van der Waals surface area contributed by atoms with Crippen molar-refractivity contribution in [3.05, 3.63) is 29.8 Å². The highest BCUT2D eigenvalue weighted by Crippen LogP contribution is 2.36. The van der Waals surface area contributed by atoms with Crippen LogP contribution in [0.2, 0.25) is 0 Å². The Morgan fingerprint density at radius 1 is 1.62 bits per heavy atom. The summed E-state index contributed by atoms with van der Waals surface area (Å²) >= 11 is 6.00. The molecule has 0 radical (unpaired) electrons. The lowest BCUT2D eigenvalue weighted by Gasteiger charge is -2.50. The molecule has 1 aliphatic heterocycles. The van der Waals surface area contributed by atoms with E-state index in [2.05, 4.69) is 0 Å². The predicted molar refractivity (Wildman–Crippen MR) is 61.0 cm³/mol. The first-order chi connectivity index (χ1) is 7.42. The number of rotatable bonds is 2. The number of hydrogen-bond donors (Lipinski definition) is 2. The first-order valence-corrected chi connectivity index (χ1v) is 5.32. The van der Waals surface area contributed by atoms with Gasteiger partial charge in [-0.3, -0.25) is 0 Å². The molecule has 1 aromatic rings. The summed E-state index contributed by atoms with van der Waals surface area (Å²) in [6.07, 6.45) is 0. The van der Waals surface area contributed by atoms with Crippen molar-refractivity contribution < 1.29 is 15.0 Å².